The van der Waals surface area contributed by atoms with Crippen molar-refractivity contribution in [3.05, 3.63) is 81.8 Å². The number of hydrogen-bond donors (Lipinski definition) is 2. The van der Waals surface area contributed by atoms with Gasteiger partial charge in [-0.2, -0.15) is 0 Å². The molecule has 0 bridgehead atoms. The van der Waals surface area contributed by atoms with Crippen LogP contribution in [0, 0.1) is 0 Å². The fraction of sp³-hybridized carbons (Fsp3) is 0.231. The van der Waals surface area contributed by atoms with Crippen molar-refractivity contribution in [3.8, 4) is 22.6 Å². The van der Waals surface area contributed by atoms with E-state index in [-0.39, 0.29) is 12.5 Å². The van der Waals surface area contributed by atoms with Gasteiger partial charge in [0, 0.05) is 12.3 Å². The van der Waals surface area contributed by atoms with Gasteiger partial charge in [-0.1, -0.05) is 48.5 Å². The number of carboxylic acid groups (broad SMARTS) is 1. The van der Waals surface area contributed by atoms with E-state index in [4.69, 9.17) is 14.2 Å². The Kier molecular flexibility index (Phi) is 6.15. The standard InChI is InChI=1S/C26H22BrNO6/c27-21-12-15(13-22-24(21)33-11-5-10-32-22)23(25(29)30)28-26(31)34-14-20-18-8-3-1-6-16(18)17-7-2-4-9-19(17)20/h1-4,6-9,12-13,20,23H,5,10-11,14H2,(H,28,31)(H,29,30). The van der Waals surface area contributed by atoms with Crippen LogP contribution in [-0.4, -0.2) is 37.0 Å². The van der Waals surface area contributed by atoms with E-state index in [9.17, 15) is 14.7 Å². The van der Waals surface area contributed by atoms with Crippen LogP contribution in [0.25, 0.3) is 11.1 Å². The molecule has 174 valence electrons. The van der Waals surface area contributed by atoms with Gasteiger partial charge in [-0.25, -0.2) is 9.59 Å². The SMILES string of the molecule is O=C(NC(C(=O)O)c1cc(Br)c2c(c1)OCCCO2)OCC1c2ccccc2-c2ccccc21. The fourth-order valence-electron chi connectivity index (χ4n) is 4.46. The number of carboxylic acids is 1. The van der Waals surface area contributed by atoms with Crippen LogP contribution in [0.15, 0.2) is 65.1 Å². The van der Waals surface area contributed by atoms with Gasteiger partial charge in [-0.3, -0.25) is 0 Å². The van der Waals surface area contributed by atoms with Gasteiger partial charge in [0.2, 0.25) is 0 Å². The molecule has 0 radical (unpaired) electrons. The molecule has 8 heteroatoms. The number of nitrogens with one attached hydrogen (secondary N) is 1. The van der Waals surface area contributed by atoms with Gasteiger partial charge < -0.3 is 24.6 Å². The van der Waals surface area contributed by atoms with Crippen molar-refractivity contribution in [3.63, 3.8) is 0 Å². The Morgan fingerprint density at radius 2 is 1.68 bits per heavy atom. The maximum atomic E-state index is 12.7. The summed E-state index contributed by atoms with van der Waals surface area (Å²) in [4.78, 5) is 24.7. The van der Waals surface area contributed by atoms with Gasteiger partial charge in [0.25, 0.3) is 0 Å². The lowest BCUT2D eigenvalue weighted by atomic mass is 9.98. The third kappa shape index (κ3) is 4.21. The summed E-state index contributed by atoms with van der Waals surface area (Å²) in [6.45, 7) is 1.06. The highest BCUT2D eigenvalue weighted by molar-refractivity contribution is 9.10. The molecule has 1 heterocycles. The Balaban J connectivity index is 1.32. The van der Waals surface area contributed by atoms with E-state index in [2.05, 4.69) is 33.4 Å². The lowest BCUT2D eigenvalue weighted by Crippen LogP contribution is -2.34. The molecule has 3 aromatic rings. The number of carbonyl (C=O) groups excluding carboxylic acids is 1. The minimum atomic E-state index is -1.32. The first kappa shape index (κ1) is 22.3. The molecule has 0 saturated heterocycles. The Morgan fingerprint density at radius 1 is 1.03 bits per heavy atom. The number of carbonyl (C=O) groups is 2. The van der Waals surface area contributed by atoms with Crippen LogP contribution in [0.5, 0.6) is 11.5 Å². The van der Waals surface area contributed by atoms with E-state index < -0.39 is 18.1 Å². The van der Waals surface area contributed by atoms with Crippen molar-refractivity contribution in [2.75, 3.05) is 19.8 Å². The van der Waals surface area contributed by atoms with Crippen LogP contribution in [0.3, 0.4) is 0 Å². The lowest BCUT2D eigenvalue weighted by molar-refractivity contribution is -0.139. The number of rotatable bonds is 5. The molecular weight excluding hydrogens is 502 g/mol. The summed E-state index contributed by atoms with van der Waals surface area (Å²) in [6, 6.07) is 17.9. The summed E-state index contributed by atoms with van der Waals surface area (Å²) in [7, 11) is 0. The van der Waals surface area contributed by atoms with Crippen LogP contribution >= 0.6 is 15.9 Å². The monoisotopic (exact) mass is 523 g/mol. The Morgan fingerprint density at radius 3 is 2.35 bits per heavy atom. The van der Waals surface area contributed by atoms with Crippen molar-refractivity contribution in [1.82, 2.24) is 5.32 Å². The molecule has 5 rings (SSSR count). The molecule has 7 nitrogen and oxygen atoms in total. The Labute approximate surface area is 204 Å². The molecule has 0 saturated carbocycles. The second kappa shape index (κ2) is 9.38. The quantitative estimate of drug-likeness (QED) is 0.472. The van der Waals surface area contributed by atoms with Crippen LogP contribution in [0.2, 0.25) is 0 Å². The van der Waals surface area contributed by atoms with E-state index in [1.165, 1.54) is 0 Å². The van der Waals surface area contributed by atoms with Gasteiger partial charge in [0.15, 0.2) is 17.5 Å². The summed E-state index contributed by atoms with van der Waals surface area (Å²) >= 11 is 3.42. The largest absolute Gasteiger partial charge is 0.490 e. The maximum Gasteiger partial charge on any atom is 0.408 e. The normalized spacial score (nSPS) is 15.0. The first-order valence-electron chi connectivity index (χ1n) is 11.0. The zero-order valence-electron chi connectivity index (χ0n) is 18.1. The average Bonchev–Trinajstić information content (AvgIpc) is 2.96. The summed E-state index contributed by atoms with van der Waals surface area (Å²) in [5.41, 5.74) is 4.74. The molecule has 1 amide bonds. The van der Waals surface area contributed by atoms with Gasteiger partial charge in [-0.15, -0.1) is 0 Å². The van der Waals surface area contributed by atoms with Crippen molar-refractivity contribution in [2.45, 2.75) is 18.4 Å². The predicted octanol–water partition coefficient (Wildman–Crippen LogP) is 5.27. The highest BCUT2D eigenvalue weighted by atomic mass is 79.9. The second-order valence-corrected chi connectivity index (χ2v) is 8.98. The molecule has 1 aliphatic heterocycles. The van der Waals surface area contributed by atoms with Crippen molar-refractivity contribution in [2.24, 2.45) is 0 Å². The number of hydrogen-bond acceptors (Lipinski definition) is 5. The van der Waals surface area contributed by atoms with Crippen LogP contribution < -0.4 is 14.8 Å². The topological polar surface area (TPSA) is 94.1 Å². The summed E-state index contributed by atoms with van der Waals surface area (Å²) in [6.07, 6.45) is -0.0888. The number of aliphatic carboxylic acids is 1. The number of ether oxygens (including phenoxy) is 3. The first-order valence-corrected chi connectivity index (χ1v) is 11.8. The van der Waals surface area contributed by atoms with Crippen LogP contribution in [0.1, 0.15) is 35.1 Å². The second-order valence-electron chi connectivity index (χ2n) is 8.12. The lowest BCUT2D eigenvalue weighted by Gasteiger charge is -2.19. The number of benzene rings is 3. The summed E-state index contributed by atoms with van der Waals surface area (Å²) in [5.74, 6) is -0.377. The molecular formula is C26H22BrNO6. The highest BCUT2D eigenvalue weighted by Gasteiger charge is 2.30. The van der Waals surface area contributed by atoms with Gasteiger partial charge in [-0.05, 0) is 55.9 Å². The summed E-state index contributed by atoms with van der Waals surface area (Å²) < 4.78 is 17.5. The van der Waals surface area contributed by atoms with E-state index >= 15 is 0 Å². The fourth-order valence-corrected chi connectivity index (χ4v) is 5.04. The Bertz CT molecular complexity index is 1210. The number of amides is 1. The molecule has 2 aliphatic rings. The minimum absolute atomic E-state index is 0.0943. The molecule has 0 spiro atoms. The maximum absolute atomic E-state index is 12.7. The van der Waals surface area contributed by atoms with Crippen LogP contribution in [-0.2, 0) is 9.53 Å². The van der Waals surface area contributed by atoms with Crippen molar-refractivity contribution >= 4 is 28.0 Å². The van der Waals surface area contributed by atoms with E-state index in [1.807, 2.05) is 36.4 Å². The third-order valence-electron chi connectivity index (χ3n) is 6.01. The number of halogens is 1. The van der Waals surface area contributed by atoms with Crippen LogP contribution in [0.4, 0.5) is 4.79 Å². The minimum Gasteiger partial charge on any atom is -0.490 e. The molecule has 1 aliphatic carbocycles. The van der Waals surface area contributed by atoms with Gasteiger partial charge >= 0.3 is 12.1 Å². The van der Waals surface area contributed by atoms with Crippen molar-refractivity contribution < 1.29 is 28.9 Å². The molecule has 3 aromatic carbocycles. The molecule has 1 unspecified atom stereocenters. The summed E-state index contributed by atoms with van der Waals surface area (Å²) in [5, 5.41) is 12.3. The Hall–Kier alpha value is -3.52. The molecule has 1 atom stereocenters. The zero-order chi connectivity index (χ0) is 23.7. The number of fused-ring (bicyclic) bond motifs is 4. The average molecular weight is 524 g/mol. The molecule has 0 fully saturated rings. The smallest absolute Gasteiger partial charge is 0.408 e. The first-order chi connectivity index (χ1) is 16.5. The molecule has 0 aromatic heterocycles. The van der Waals surface area contributed by atoms with Gasteiger partial charge in [0.05, 0.1) is 17.7 Å². The van der Waals surface area contributed by atoms with E-state index in [0.29, 0.717) is 34.7 Å². The van der Waals surface area contributed by atoms with Gasteiger partial charge in [0.1, 0.15) is 6.61 Å². The molecule has 34 heavy (non-hydrogen) atoms. The number of alkyl carbamates (subject to hydrolysis) is 1. The van der Waals surface area contributed by atoms with E-state index in [0.717, 1.165) is 28.7 Å². The highest BCUT2D eigenvalue weighted by Crippen LogP contribution is 2.44. The molecule has 2 N–H and O–H groups in total. The van der Waals surface area contributed by atoms with E-state index in [1.54, 1.807) is 12.1 Å². The predicted molar refractivity (Wildman–Crippen MR) is 128 cm³/mol. The van der Waals surface area contributed by atoms with Crippen molar-refractivity contribution in [1.29, 1.82) is 0 Å². The third-order valence-corrected chi connectivity index (χ3v) is 6.60. The zero-order valence-corrected chi connectivity index (χ0v) is 19.7.